The summed E-state index contributed by atoms with van der Waals surface area (Å²) in [6.45, 7) is 8.52. The molecule has 0 saturated carbocycles. The van der Waals surface area contributed by atoms with E-state index in [0.29, 0.717) is 18.2 Å². The fourth-order valence-electron chi connectivity index (χ4n) is 3.79. The van der Waals surface area contributed by atoms with Crippen LogP contribution in [0.15, 0.2) is 28.2 Å². The highest BCUT2D eigenvalue weighted by molar-refractivity contribution is 7.80. The van der Waals surface area contributed by atoms with Crippen LogP contribution in [0.5, 0.6) is 0 Å². The number of guanidine groups is 1. The van der Waals surface area contributed by atoms with Crippen LogP contribution in [0.3, 0.4) is 0 Å². The molecule has 0 aliphatic carbocycles. The molecular weight excluding hydrogens is 439 g/mol. The second kappa shape index (κ2) is 13.9. The number of piperidine rings is 1. The summed E-state index contributed by atoms with van der Waals surface area (Å²) in [4.78, 5) is 23.2. The van der Waals surface area contributed by atoms with Crippen molar-refractivity contribution in [2.24, 2.45) is 15.9 Å². The topological polar surface area (TPSA) is 81.1 Å². The normalized spacial score (nSPS) is 15.2. The van der Waals surface area contributed by atoms with E-state index in [1.807, 2.05) is 20.1 Å². The smallest absolute Gasteiger partial charge is 0.321 e. The molecule has 1 saturated heterocycles. The van der Waals surface area contributed by atoms with Crippen LogP contribution in [0.25, 0.3) is 0 Å². The Morgan fingerprint density at radius 1 is 1.33 bits per heavy atom. The number of carbonyl (C=O) groups is 1. The number of unbranched alkanes of at least 4 members (excludes halogenated alkanes) is 1. The predicted molar refractivity (Wildman–Crippen MR) is 139 cm³/mol. The van der Waals surface area contributed by atoms with Gasteiger partial charge in [0.25, 0.3) is 0 Å². The summed E-state index contributed by atoms with van der Waals surface area (Å²) in [5.41, 5.74) is 1.50. The number of likely N-dealkylation sites (tertiary alicyclic amines) is 1. The van der Waals surface area contributed by atoms with Gasteiger partial charge in [0, 0.05) is 38.6 Å². The number of halogens is 1. The first kappa shape index (κ1) is 26.7. The largest absolute Gasteiger partial charge is 0.341 e. The van der Waals surface area contributed by atoms with Crippen molar-refractivity contribution >= 4 is 41.2 Å². The second-order valence-electron chi connectivity index (χ2n) is 8.56. The molecule has 1 heterocycles. The van der Waals surface area contributed by atoms with E-state index < -0.39 is 0 Å². The van der Waals surface area contributed by atoms with Crippen LogP contribution in [-0.4, -0.2) is 54.9 Å². The molecule has 1 aromatic carbocycles. The molecule has 0 aromatic heterocycles. The van der Waals surface area contributed by atoms with E-state index in [1.165, 1.54) is 12.1 Å². The molecule has 7 nitrogen and oxygen atoms in total. The number of aliphatic imine (C=N–C) groups is 2. The monoisotopic (exact) mass is 476 g/mol. The summed E-state index contributed by atoms with van der Waals surface area (Å²) >= 11 is 5.25. The summed E-state index contributed by atoms with van der Waals surface area (Å²) in [6, 6.07) is 4.14. The van der Waals surface area contributed by atoms with Crippen molar-refractivity contribution in [3.05, 3.63) is 29.6 Å². The first-order valence-electron chi connectivity index (χ1n) is 11.7. The van der Waals surface area contributed by atoms with Crippen molar-refractivity contribution in [2.75, 3.05) is 32.0 Å². The minimum atomic E-state index is -0.344. The lowest BCUT2D eigenvalue weighted by Gasteiger charge is -2.32. The number of rotatable bonds is 7. The third-order valence-electron chi connectivity index (χ3n) is 5.67. The van der Waals surface area contributed by atoms with Crippen molar-refractivity contribution < 1.29 is 9.18 Å². The molecule has 9 heteroatoms. The summed E-state index contributed by atoms with van der Waals surface area (Å²) < 4.78 is 13.5. The van der Waals surface area contributed by atoms with Crippen molar-refractivity contribution in [3.8, 4) is 0 Å². The Morgan fingerprint density at radius 2 is 2.06 bits per heavy atom. The van der Waals surface area contributed by atoms with E-state index in [1.54, 1.807) is 13.1 Å². The van der Waals surface area contributed by atoms with Gasteiger partial charge in [0.15, 0.2) is 5.11 Å². The fourth-order valence-corrected chi connectivity index (χ4v) is 4.00. The van der Waals surface area contributed by atoms with Crippen LogP contribution in [-0.2, 0) is 0 Å². The van der Waals surface area contributed by atoms with Gasteiger partial charge in [-0.3, -0.25) is 10.3 Å². The maximum Gasteiger partial charge on any atom is 0.321 e. The molecule has 33 heavy (non-hydrogen) atoms. The Hall–Kier alpha value is -2.55. The van der Waals surface area contributed by atoms with E-state index in [9.17, 15) is 9.18 Å². The first-order valence-corrected chi connectivity index (χ1v) is 12.1. The standard InChI is InChI=1S/C24H37FN6OS/c1-5-6-12-27-22(26-4)31-14-10-18(11-15-31)9-13-28-23(32)30-24(33)29-21-8-7-19(25)16-20(21)17(2)3/h7-8,12,16-18H,5-6,9-11,13-15H2,1-4H3,(H3,28,29,30,32,33). The zero-order chi connectivity index (χ0) is 24.2. The Balaban J connectivity index is 1.70. The maximum absolute atomic E-state index is 13.5. The van der Waals surface area contributed by atoms with Crippen LogP contribution >= 0.6 is 12.2 Å². The molecule has 0 radical (unpaired) electrons. The fraction of sp³-hybridized carbons (Fsp3) is 0.583. The highest BCUT2D eigenvalue weighted by atomic mass is 32.1. The molecule has 182 valence electrons. The molecule has 3 N–H and O–H groups in total. The number of hydrogen-bond acceptors (Lipinski definition) is 3. The molecule has 2 rings (SSSR count). The lowest BCUT2D eigenvalue weighted by atomic mass is 9.94. The van der Waals surface area contributed by atoms with Gasteiger partial charge < -0.3 is 15.5 Å². The minimum Gasteiger partial charge on any atom is -0.341 e. The molecule has 2 amide bonds. The zero-order valence-electron chi connectivity index (χ0n) is 20.2. The third-order valence-corrected chi connectivity index (χ3v) is 5.88. The van der Waals surface area contributed by atoms with E-state index in [-0.39, 0.29) is 22.9 Å². The highest BCUT2D eigenvalue weighted by Crippen LogP contribution is 2.25. The number of amides is 2. The van der Waals surface area contributed by atoms with Gasteiger partial charge >= 0.3 is 6.03 Å². The Morgan fingerprint density at radius 3 is 2.70 bits per heavy atom. The Kier molecular flexibility index (Phi) is 11.2. The van der Waals surface area contributed by atoms with Crippen molar-refractivity contribution in [2.45, 2.75) is 58.8 Å². The molecule has 1 aliphatic rings. The summed E-state index contributed by atoms with van der Waals surface area (Å²) in [6.07, 6.45) is 6.99. The van der Waals surface area contributed by atoms with Crippen LogP contribution in [0.4, 0.5) is 14.9 Å². The van der Waals surface area contributed by atoms with Gasteiger partial charge in [0.05, 0.1) is 0 Å². The zero-order valence-corrected chi connectivity index (χ0v) is 21.0. The molecule has 0 bridgehead atoms. The number of hydrogen-bond donors (Lipinski definition) is 3. The molecule has 1 fully saturated rings. The maximum atomic E-state index is 13.5. The lowest BCUT2D eigenvalue weighted by molar-refractivity contribution is 0.237. The van der Waals surface area contributed by atoms with Crippen LogP contribution in [0.1, 0.15) is 64.4 Å². The Bertz CT molecular complexity index is 849. The van der Waals surface area contributed by atoms with Gasteiger partial charge in [0.2, 0.25) is 5.96 Å². The molecule has 1 aliphatic heterocycles. The van der Waals surface area contributed by atoms with Crippen molar-refractivity contribution in [1.29, 1.82) is 0 Å². The van der Waals surface area contributed by atoms with Gasteiger partial charge in [-0.1, -0.05) is 27.2 Å². The van der Waals surface area contributed by atoms with Crippen molar-refractivity contribution in [1.82, 2.24) is 15.5 Å². The molecular formula is C24H37FN6OS. The second-order valence-corrected chi connectivity index (χ2v) is 8.97. The molecule has 0 spiro atoms. The highest BCUT2D eigenvalue weighted by Gasteiger charge is 2.21. The van der Waals surface area contributed by atoms with E-state index in [2.05, 4.69) is 37.8 Å². The molecule has 0 atom stereocenters. The number of nitrogens with one attached hydrogen (secondary N) is 3. The van der Waals surface area contributed by atoms with Gasteiger partial charge in [-0.25, -0.2) is 14.2 Å². The number of anilines is 1. The van der Waals surface area contributed by atoms with Gasteiger partial charge in [-0.05, 0) is 73.5 Å². The van der Waals surface area contributed by atoms with Gasteiger partial charge in [0.1, 0.15) is 5.82 Å². The van der Waals surface area contributed by atoms with Crippen LogP contribution in [0, 0.1) is 11.7 Å². The summed E-state index contributed by atoms with van der Waals surface area (Å²) in [5, 5.41) is 8.69. The van der Waals surface area contributed by atoms with Crippen LogP contribution in [0.2, 0.25) is 0 Å². The van der Waals surface area contributed by atoms with E-state index in [0.717, 1.165) is 56.7 Å². The number of carbonyl (C=O) groups excluding carboxylic acids is 1. The number of benzene rings is 1. The third kappa shape index (κ3) is 9.07. The number of thiocarbonyl (C=S) groups is 1. The molecule has 1 aromatic rings. The number of urea groups is 1. The summed E-state index contributed by atoms with van der Waals surface area (Å²) in [7, 11) is 1.78. The first-order chi connectivity index (χ1) is 15.8. The molecule has 0 unspecified atom stereocenters. The Labute approximate surface area is 202 Å². The lowest BCUT2D eigenvalue weighted by Crippen LogP contribution is -2.43. The van der Waals surface area contributed by atoms with E-state index >= 15 is 0 Å². The average molecular weight is 477 g/mol. The SMILES string of the molecule is CCCC=NC(=NC)N1CCC(CCNC(=O)NC(=S)Nc2ccc(F)cc2C(C)C)CC1. The summed E-state index contributed by atoms with van der Waals surface area (Å²) in [5.74, 6) is 1.18. The van der Waals surface area contributed by atoms with E-state index in [4.69, 9.17) is 12.2 Å². The quantitative estimate of drug-likeness (QED) is 0.297. The van der Waals surface area contributed by atoms with Crippen molar-refractivity contribution in [3.63, 3.8) is 0 Å². The van der Waals surface area contributed by atoms with Gasteiger partial charge in [-0.15, -0.1) is 0 Å². The number of nitrogens with zero attached hydrogens (tertiary/aromatic N) is 3. The minimum absolute atomic E-state index is 0.120. The average Bonchev–Trinajstić information content (AvgIpc) is 2.78. The van der Waals surface area contributed by atoms with Crippen LogP contribution < -0.4 is 16.0 Å². The van der Waals surface area contributed by atoms with Gasteiger partial charge in [-0.2, -0.15) is 0 Å². The predicted octanol–water partition coefficient (Wildman–Crippen LogP) is 4.90.